The molecule has 0 aromatic carbocycles. The molecular weight excluding hydrogens is 274 g/mol. The summed E-state index contributed by atoms with van der Waals surface area (Å²) in [4.78, 5) is 2.61. The van der Waals surface area contributed by atoms with Crippen molar-refractivity contribution < 1.29 is 0 Å². The number of aromatic nitrogens is 2. The van der Waals surface area contributed by atoms with Crippen molar-refractivity contribution in [3.05, 3.63) is 24.4 Å². The maximum absolute atomic E-state index is 6.12. The first-order chi connectivity index (χ1) is 10.8. The van der Waals surface area contributed by atoms with Gasteiger partial charge in [-0.2, -0.15) is 0 Å². The molecule has 3 N–H and O–H groups in total. The highest BCUT2D eigenvalue weighted by atomic mass is 15.3. The van der Waals surface area contributed by atoms with E-state index in [-0.39, 0.29) is 0 Å². The Morgan fingerprint density at radius 2 is 1.95 bits per heavy atom. The number of nitrogens with zero attached hydrogens (tertiary/aromatic N) is 3. The normalized spacial score (nSPS) is 16.2. The van der Waals surface area contributed by atoms with Crippen LogP contribution in [0.4, 0.5) is 11.5 Å². The molecule has 1 saturated heterocycles. The highest BCUT2D eigenvalue weighted by Gasteiger charge is 2.09. The average molecular weight is 301 g/mol. The fourth-order valence-corrected chi connectivity index (χ4v) is 3.18. The molecule has 1 aliphatic heterocycles. The number of nitrogens with one attached hydrogen (secondary N) is 1. The lowest BCUT2D eigenvalue weighted by Gasteiger charge is -2.26. The van der Waals surface area contributed by atoms with Crippen molar-refractivity contribution in [2.24, 2.45) is 0 Å². The standard InChI is InChI=1S/C17H27N5/c18-16-15-9-3-8-14-22(15)20-17(16)19-10-4-1-5-11-21-12-6-2-7-13-21/h3,8-9,14H,1-2,4-7,10-13,18H2,(H,19,20). The molecule has 2 aromatic rings. The third-order valence-electron chi connectivity index (χ3n) is 4.47. The van der Waals surface area contributed by atoms with Crippen LogP contribution < -0.4 is 11.1 Å². The Morgan fingerprint density at radius 1 is 1.09 bits per heavy atom. The molecule has 22 heavy (non-hydrogen) atoms. The molecule has 0 aliphatic carbocycles. The van der Waals surface area contributed by atoms with E-state index >= 15 is 0 Å². The molecular formula is C17H27N5. The molecule has 0 atom stereocenters. The second-order valence-corrected chi connectivity index (χ2v) is 6.18. The number of hydrogen-bond acceptors (Lipinski definition) is 4. The summed E-state index contributed by atoms with van der Waals surface area (Å²) >= 11 is 0. The van der Waals surface area contributed by atoms with E-state index in [0.29, 0.717) is 0 Å². The monoisotopic (exact) mass is 301 g/mol. The van der Waals surface area contributed by atoms with Crippen LogP contribution in [0.2, 0.25) is 0 Å². The summed E-state index contributed by atoms with van der Waals surface area (Å²) in [6.07, 6.45) is 9.83. The average Bonchev–Trinajstić information content (AvgIpc) is 2.88. The first kappa shape index (κ1) is 15.2. The zero-order chi connectivity index (χ0) is 15.2. The van der Waals surface area contributed by atoms with Gasteiger partial charge in [-0.1, -0.05) is 18.9 Å². The third-order valence-corrected chi connectivity index (χ3v) is 4.47. The van der Waals surface area contributed by atoms with Crippen LogP contribution in [-0.4, -0.2) is 40.7 Å². The largest absolute Gasteiger partial charge is 0.394 e. The first-order valence-electron chi connectivity index (χ1n) is 8.53. The lowest BCUT2D eigenvalue weighted by Crippen LogP contribution is -2.30. The van der Waals surface area contributed by atoms with E-state index in [1.165, 1.54) is 58.2 Å². The van der Waals surface area contributed by atoms with Gasteiger partial charge in [-0.25, -0.2) is 4.52 Å². The highest BCUT2D eigenvalue weighted by molar-refractivity contribution is 5.80. The Balaban J connectivity index is 1.36. The summed E-state index contributed by atoms with van der Waals surface area (Å²) in [5.74, 6) is 0.808. The van der Waals surface area contributed by atoms with Gasteiger partial charge in [0.1, 0.15) is 5.69 Å². The van der Waals surface area contributed by atoms with Gasteiger partial charge in [-0.15, -0.1) is 5.10 Å². The summed E-state index contributed by atoms with van der Waals surface area (Å²) in [6.45, 7) is 4.80. The number of piperidine rings is 1. The number of nitrogen functional groups attached to an aromatic ring is 1. The minimum absolute atomic E-state index is 0.744. The third kappa shape index (κ3) is 3.71. The molecule has 3 rings (SSSR count). The van der Waals surface area contributed by atoms with E-state index in [1.807, 2.05) is 28.9 Å². The zero-order valence-electron chi connectivity index (χ0n) is 13.3. The molecule has 0 bridgehead atoms. The Hall–Kier alpha value is -1.75. The molecule has 0 saturated carbocycles. The van der Waals surface area contributed by atoms with Crippen molar-refractivity contribution in [2.45, 2.75) is 38.5 Å². The zero-order valence-corrected chi connectivity index (χ0v) is 13.3. The van der Waals surface area contributed by atoms with Crippen LogP contribution >= 0.6 is 0 Å². The smallest absolute Gasteiger partial charge is 0.172 e. The summed E-state index contributed by atoms with van der Waals surface area (Å²) < 4.78 is 1.83. The summed E-state index contributed by atoms with van der Waals surface area (Å²) in [5, 5.41) is 7.85. The molecule has 2 aromatic heterocycles. The Morgan fingerprint density at radius 3 is 2.77 bits per heavy atom. The second kappa shape index (κ2) is 7.49. The molecule has 1 fully saturated rings. The van der Waals surface area contributed by atoms with Gasteiger partial charge in [0.15, 0.2) is 5.82 Å². The Bertz CT molecular complexity index is 586. The van der Waals surface area contributed by atoms with Crippen molar-refractivity contribution in [3.63, 3.8) is 0 Å². The number of rotatable bonds is 7. The minimum atomic E-state index is 0.744. The van der Waals surface area contributed by atoms with E-state index in [9.17, 15) is 0 Å². The van der Waals surface area contributed by atoms with Gasteiger partial charge in [0.2, 0.25) is 0 Å². The van der Waals surface area contributed by atoms with Crippen LogP contribution in [0.25, 0.3) is 5.52 Å². The van der Waals surface area contributed by atoms with E-state index in [2.05, 4.69) is 15.3 Å². The van der Waals surface area contributed by atoms with E-state index < -0.39 is 0 Å². The topological polar surface area (TPSA) is 58.6 Å². The predicted molar refractivity (Wildman–Crippen MR) is 92.2 cm³/mol. The molecule has 0 amide bonds. The van der Waals surface area contributed by atoms with Crippen molar-refractivity contribution in [2.75, 3.05) is 37.2 Å². The van der Waals surface area contributed by atoms with Gasteiger partial charge in [0.05, 0.1) is 5.52 Å². The van der Waals surface area contributed by atoms with Crippen LogP contribution in [0.5, 0.6) is 0 Å². The molecule has 120 valence electrons. The first-order valence-corrected chi connectivity index (χ1v) is 8.53. The molecule has 0 unspecified atom stereocenters. The summed E-state index contributed by atoms with van der Waals surface area (Å²) in [7, 11) is 0. The van der Waals surface area contributed by atoms with Gasteiger partial charge in [0, 0.05) is 12.7 Å². The number of fused-ring (bicyclic) bond motifs is 1. The molecule has 0 radical (unpaired) electrons. The maximum Gasteiger partial charge on any atom is 0.172 e. The van der Waals surface area contributed by atoms with Gasteiger partial charge >= 0.3 is 0 Å². The van der Waals surface area contributed by atoms with Gasteiger partial charge < -0.3 is 16.0 Å². The molecule has 0 spiro atoms. The summed E-state index contributed by atoms with van der Waals surface area (Å²) in [5.41, 5.74) is 7.84. The quantitative estimate of drug-likeness (QED) is 0.772. The van der Waals surface area contributed by atoms with Crippen LogP contribution in [0.1, 0.15) is 38.5 Å². The van der Waals surface area contributed by atoms with Crippen molar-refractivity contribution >= 4 is 17.0 Å². The lowest BCUT2D eigenvalue weighted by molar-refractivity contribution is 0.224. The molecule has 3 heterocycles. The number of pyridine rings is 1. The lowest BCUT2D eigenvalue weighted by atomic mass is 10.1. The van der Waals surface area contributed by atoms with Crippen molar-refractivity contribution in [1.29, 1.82) is 0 Å². The van der Waals surface area contributed by atoms with E-state index in [1.54, 1.807) is 0 Å². The van der Waals surface area contributed by atoms with Gasteiger partial charge in [-0.05, 0) is 57.5 Å². The van der Waals surface area contributed by atoms with Crippen molar-refractivity contribution in [1.82, 2.24) is 14.5 Å². The van der Waals surface area contributed by atoms with E-state index in [0.717, 1.165) is 23.6 Å². The second-order valence-electron chi connectivity index (χ2n) is 6.18. The molecule has 1 aliphatic rings. The number of likely N-dealkylation sites (tertiary alicyclic amines) is 1. The SMILES string of the molecule is Nc1c(NCCCCCN2CCCCC2)nn2ccccc12. The minimum Gasteiger partial charge on any atom is -0.394 e. The fraction of sp³-hybridized carbons (Fsp3) is 0.588. The van der Waals surface area contributed by atoms with E-state index in [4.69, 9.17) is 5.73 Å². The Labute approximate surface area is 132 Å². The van der Waals surface area contributed by atoms with Gasteiger partial charge in [-0.3, -0.25) is 0 Å². The Kier molecular flexibility index (Phi) is 5.16. The van der Waals surface area contributed by atoms with Crippen LogP contribution in [-0.2, 0) is 0 Å². The fourth-order valence-electron chi connectivity index (χ4n) is 3.18. The number of unbranched alkanes of at least 4 members (excludes halogenated alkanes) is 2. The van der Waals surface area contributed by atoms with Crippen LogP contribution in [0.3, 0.4) is 0 Å². The van der Waals surface area contributed by atoms with Gasteiger partial charge in [0.25, 0.3) is 0 Å². The van der Waals surface area contributed by atoms with Crippen molar-refractivity contribution in [3.8, 4) is 0 Å². The number of nitrogens with two attached hydrogens (primary N) is 1. The molecule has 5 nitrogen and oxygen atoms in total. The number of hydrogen-bond donors (Lipinski definition) is 2. The summed E-state index contributed by atoms with van der Waals surface area (Å²) in [6, 6.07) is 5.94. The highest BCUT2D eigenvalue weighted by Crippen LogP contribution is 2.22. The predicted octanol–water partition coefficient (Wildman–Crippen LogP) is 2.98. The number of anilines is 2. The van der Waals surface area contributed by atoms with Crippen LogP contribution in [0.15, 0.2) is 24.4 Å². The molecule has 5 heteroatoms. The maximum atomic E-state index is 6.12. The van der Waals surface area contributed by atoms with Crippen LogP contribution in [0, 0.1) is 0 Å².